The van der Waals surface area contributed by atoms with Crippen LogP contribution < -0.4 is 5.46 Å². The van der Waals surface area contributed by atoms with Crippen molar-refractivity contribution in [3.8, 4) is 33.9 Å². The van der Waals surface area contributed by atoms with E-state index in [1.54, 1.807) is 12.1 Å². The lowest BCUT2D eigenvalue weighted by molar-refractivity contribution is 0.426. The molecule has 0 aliphatic carbocycles. The van der Waals surface area contributed by atoms with Gasteiger partial charge in [-0.25, -0.2) is 4.98 Å². The second-order valence-electron chi connectivity index (χ2n) is 6.04. The number of nitrogens with zero attached hydrogens (tertiary/aromatic N) is 1. The predicted octanol–water partition coefficient (Wildman–Crippen LogP) is 3.09. The second kappa shape index (κ2) is 7.00. The number of nitrogens with one attached hydrogen (secondary N) is 1. The summed E-state index contributed by atoms with van der Waals surface area (Å²) >= 11 is 0. The number of hydrogen-bond acceptors (Lipinski definition) is 3. The van der Waals surface area contributed by atoms with Gasteiger partial charge in [0.15, 0.2) is 0 Å². The minimum absolute atomic E-state index is 0.451. The molecule has 0 amide bonds. The summed E-state index contributed by atoms with van der Waals surface area (Å²) in [6.07, 6.45) is 0. The van der Waals surface area contributed by atoms with Crippen LogP contribution in [-0.4, -0.2) is 27.1 Å². The van der Waals surface area contributed by atoms with Gasteiger partial charge in [-0.3, -0.25) is 0 Å². The Balaban J connectivity index is 1.83. The van der Waals surface area contributed by atoms with Gasteiger partial charge in [0.2, 0.25) is 0 Å². The molecule has 0 saturated carbocycles. The molecule has 0 atom stereocenters. The zero-order valence-electron chi connectivity index (χ0n) is 14.0. The monoisotopic (exact) mass is 340 g/mol. The Morgan fingerprint density at radius 1 is 0.654 bits per heavy atom. The van der Waals surface area contributed by atoms with Crippen LogP contribution in [0, 0.1) is 0 Å². The number of aromatic amines is 1. The summed E-state index contributed by atoms with van der Waals surface area (Å²) in [7, 11) is -1.47. The van der Waals surface area contributed by atoms with Gasteiger partial charge in [0.05, 0.1) is 11.4 Å². The van der Waals surface area contributed by atoms with Gasteiger partial charge in [-0.05, 0) is 5.46 Å². The van der Waals surface area contributed by atoms with Gasteiger partial charge in [-0.1, -0.05) is 84.9 Å². The molecule has 0 unspecified atom stereocenters. The first-order valence-electron chi connectivity index (χ1n) is 8.40. The van der Waals surface area contributed by atoms with E-state index >= 15 is 0 Å². The van der Waals surface area contributed by atoms with E-state index in [2.05, 4.69) is 17.1 Å². The lowest BCUT2D eigenvalue weighted by Gasteiger charge is -2.02. The molecule has 4 rings (SSSR count). The molecule has 0 fully saturated rings. The Labute approximate surface area is 152 Å². The van der Waals surface area contributed by atoms with Crippen LogP contribution in [0.4, 0.5) is 0 Å². The lowest BCUT2D eigenvalue weighted by atomic mass is 9.80. The molecule has 0 radical (unpaired) electrons. The highest BCUT2D eigenvalue weighted by Crippen LogP contribution is 2.32. The predicted molar refractivity (Wildman–Crippen MR) is 105 cm³/mol. The molecule has 126 valence electrons. The maximum absolute atomic E-state index is 9.26. The molecule has 0 aliphatic heterocycles. The molecule has 0 aliphatic rings. The van der Waals surface area contributed by atoms with Crippen molar-refractivity contribution in [1.29, 1.82) is 0 Å². The summed E-state index contributed by atoms with van der Waals surface area (Å²) in [6, 6.07) is 27.2. The molecule has 0 spiro atoms. The summed E-state index contributed by atoms with van der Waals surface area (Å²) in [6.45, 7) is 0. The molecule has 1 heterocycles. The zero-order valence-corrected chi connectivity index (χ0v) is 14.0. The van der Waals surface area contributed by atoms with Gasteiger partial charge in [-0.15, -0.1) is 0 Å². The van der Waals surface area contributed by atoms with E-state index in [-0.39, 0.29) is 0 Å². The van der Waals surface area contributed by atoms with Crippen molar-refractivity contribution in [3.63, 3.8) is 0 Å². The first-order valence-corrected chi connectivity index (χ1v) is 8.40. The van der Waals surface area contributed by atoms with Crippen LogP contribution in [0.2, 0.25) is 0 Å². The van der Waals surface area contributed by atoms with E-state index in [4.69, 9.17) is 4.98 Å². The largest absolute Gasteiger partial charge is 0.488 e. The number of hydrogen-bond donors (Lipinski definition) is 3. The van der Waals surface area contributed by atoms with Crippen LogP contribution >= 0.6 is 0 Å². The third kappa shape index (κ3) is 3.18. The molecule has 0 bridgehead atoms. The zero-order chi connectivity index (χ0) is 17.9. The molecule has 4 aromatic rings. The maximum atomic E-state index is 9.26. The summed E-state index contributed by atoms with van der Waals surface area (Å²) in [5.41, 5.74) is 5.28. The fourth-order valence-electron chi connectivity index (χ4n) is 2.94. The van der Waals surface area contributed by atoms with Crippen molar-refractivity contribution < 1.29 is 10.0 Å². The topological polar surface area (TPSA) is 69.1 Å². The van der Waals surface area contributed by atoms with Gasteiger partial charge in [0.1, 0.15) is 5.82 Å². The number of rotatable bonds is 4. The van der Waals surface area contributed by atoms with Crippen molar-refractivity contribution >= 4 is 12.6 Å². The number of H-pyrrole nitrogens is 1. The first kappa shape index (κ1) is 16.3. The SMILES string of the molecule is OB(O)c1ccc(-c2nc(-c3ccccc3)c(-c3ccccc3)[nH]2)cc1. The normalized spacial score (nSPS) is 10.7. The van der Waals surface area contributed by atoms with Crippen molar-refractivity contribution in [3.05, 3.63) is 84.9 Å². The fourth-order valence-corrected chi connectivity index (χ4v) is 2.94. The van der Waals surface area contributed by atoms with Crippen molar-refractivity contribution in [1.82, 2.24) is 9.97 Å². The van der Waals surface area contributed by atoms with Crippen LogP contribution in [0.1, 0.15) is 0 Å². The molecule has 3 aromatic carbocycles. The minimum Gasteiger partial charge on any atom is -0.423 e. The third-order valence-corrected chi connectivity index (χ3v) is 4.30. The van der Waals surface area contributed by atoms with E-state index in [9.17, 15) is 10.0 Å². The summed E-state index contributed by atoms with van der Waals surface area (Å²) in [5, 5.41) is 18.5. The summed E-state index contributed by atoms with van der Waals surface area (Å²) in [5.74, 6) is 0.738. The molecular formula is C21H17BN2O2. The third-order valence-electron chi connectivity index (χ3n) is 4.30. The molecule has 5 heteroatoms. The highest BCUT2D eigenvalue weighted by molar-refractivity contribution is 6.58. The fraction of sp³-hybridized carbons (Fsp3) is 0. The van der Waals surface area contributed by atoms with Crippen LogP contribution in [0.3, 0.4) is 0 Å². The number of benzene rings is 3. The van der Waals surface area contributed by atoms with Crippen LogP contribution in [-0.2, 0) is 0 Å². The molecule has 0 saturated heterocycles. The number of imidazole rings is 1. The molecular weight excluding hydrogens is 323 g/mol. The van der Waals surface area contributed by atoms with Gasteiger partial charge in [0.25, 0.3) is 0 Å². The average Bonchev–Trinajstić information content (AvgIpc) is 3.15. The van der Waals surface area contributed by atoms with Crippen LogP contribution in [0.5, 0.6) is 0 Å². The van der Waals surface area contributed by atoms with Gasteiger partial charge >= 0.3 is 7.12 Å². The van der Waals surface area contributed by atoms with Crippen LogP contribution in [0.15, 0.2) is 84.9 Å². The maximum Gasteiger partial charge on any atom is 0.488 e. The Morgan fingerprint density at radius 3 is 1.81 bits per heavy atom. The van der Waals surface area contributed by atoms with Crippen LogP contribution in [0.25, 0.3) is 33.9 Å². The Bertz CT molecular complexity index is 940. The Hall–Kier alpha value is -3.15. The van der Waals surface area contributed by atoms with E-state index in [1.807, 2.05) is 60.7 Å². The molecule has 1 aromatic heterocycles. The smallest absolute Gasteiger partial charge is 0.423 e. The first-order chi connectivity index (χ1) is 12.7. The highest BCUT2D eigenvalue weighted by atomic mass is 16.4. The summed E-state index contributed by atoms with van der Waals surface area (Å²) < 4.78 is 0. The van der Waals surface area contributed by atoms with Crippen molar-refractivity contribution in [2.45, 2.75) is 0 Å². The van der Waals surface area contributed by atoms with Crippen molar-refractivity contribution in [2.75, 3.05) is 0 Å². The summed E-state index contributed by atoms with van der Waals surface area (Å²) in [4.78, 5) is 8.25. The highest BCUT2D eigenvalue weighted by Gasteiger charge is 2.16. The van der Waals surface area contributed by atoms with Crippen molar-refractivity contribution in [2.24, 2.45) is 0 Å². The van der Waals surface area contributed by atoms with Gasteiger partial charge in [0, 0.05) is 16.7 Å². The van der Waals surface area contributed by atoms with E-state index in [1.165, 1.54) is 0 Å². The Kier molecular flexibility index (Phi) is 4.40. The standard InChI is InChI=1S/C21H17BN2O2/c25-22(26)18-13-11-17(12-14-18)21-23-19(15-7-3-1-4-8-15)20(24-21)16-9-5-2-6-10-16/h1-14,25-26H,(H,23,24). The molecule has 4 nitrogen and oxygen atoms in total. The van der Waals surface area contributed by atoms with Gasteiger partial charge in [-0.2, -0.15) is 0 Å². The second-order valence-corrected chi connectivity index (χ2v) is 6.04. The molecule has 26 heavy (non-hydrogen) atoms. The van der Waals surface area contributed by atoms with E-state index in [0.717, 1.165) is 33.9 Å². The quantitative estimate of drug-likeness (QED) is 0.500. The van der Waals surface area contributed by atoms with Gasteiger partial charge < -0.3 is 15.0 Å². The molecule has 3 N–H and O–H groups in total. The van der Waals surface area contributed by atoms with E-state index < -0.39 is 7.12 Å². The number of aromatic nitrogens is 2. The Morgan fingerprint density at radius 2 is 1.23 bits per heavy atom. The average molecular weight is 340 g/mol. The minimum atomic E-state index is -1.47. The lowest BCUT2D eigenvalue weighted by Crippen LogP contribution is -2.29. The van der Waals surface area contributed by atoms with E-state index in [0.29, 0.717) is 5.46 Å².